The van der Waals surface area contributed by atoms with Crippen molar-refractivity contribution in [3.63, 3.8) is 0 Å². The predicted molar refractivity (Wildman–Crippen MR) is 136 cm³/mol. The monoisotopic (exact) mass is 486 g/mol. The number of rotatable bonds is 10. The van der Waals surface area contributed by atoms with Crippen LogP contribution in [0.4, 0.5) is 0 Å². The minimum atomic E-state index is -0.953. The topological polar surface area (TPSA) is 110 Å². The second-order valence-corrected chi connectivity index (χ2v) is 9.82. The van der Waals surface area contributed by atoms with E-state index in [0.29, 0.717) is 35.8 Å². The highest BCUT2D eigenvalue weighted by molar-refractivity contribution is 7.50. The molecule has 34 heavy (non-hydrogen) atoms. The van der Waals surface area contributed by atoms with Crippen LogP contribution in [0.5, 0.6) is 11.5 Å². The van der Waals surface area contributed by atoms with Gasteiger partial charge in [-0.05, 0) is 69.5 Å². The van der Waals surface area contributed by atoms with Crippen molar-refractivity contribution in [1.29, 1.82) is 5.41 Å². The Morgan fingerprint density at radius 3 is 2.59 bits per heavy atom. The van der Waals surface area contributed by atoms with Crippen molar-refractivity contribution >= 4 is 20.0 Å². The average molecular weight is 487 g/mol. The first-order valence-corrected chi connectivity index (χ1v) is 13.0. The van der Waals surface area contributed by atoms with Gasteiger partial charge in [0.25, 0.3) is 5.91 Å². The first kappa shape index (κ1) is 26.1. The van der Waals surface area contributed by atoms with Gasteiger partial charge in [-0.1, -0.05) is 18.2 Å². The number of ether oxygens (including phenoxy) is 2. The molecule has 2 aromatic rings. The fraction of sp³-hybridized carbons (Fsp3) is 0.440. The Kier molecular flexibility index (Phi) is 9.42. The van der Waals surface area contributed by atoms with E-state index in [0.717, 1.165) is 37.1 Å². The molecule has 184 valence electrons. The van der Waals surface area contributed by atoms with E-state index < -0.39 is 8.30 Å². The highest BCUT2D eigenvalue weighted by Crippen LogP contribution is 2.41. The summed E-state index contributed by atoms with van der Waals surface area (Å²) in [4.78, 5) is 15.2. The lowest BCUT2D eigenvalue weighted by atomic mass is 10.0. The highest BCUT2D eigenvalue weighted by Gasteiger charge is 2.30. The minimum absolute atomic E-state index is 0.0600. The molecule has 0 spiro atoms. The van der Waals surface area contributed by atoms with E-state index in [9.17, 15) is 4.79 Å². The van der Waals surface area contributed by atoms with Crippen molar-refractivity contribution in [3.8, 4) is 11.5 Å². The fourth-order valence-electron chi connectivity index (χ4n) is 4.19. The number of carbonyl (C=O) groups is 1. The number of carbonyl (C=O) groups excluding carboxylic acids is 1. The van der Waals surface area contributed by atoms with Crippen LogP contribution in [-0.2, 0) is 11.1 Å². The van der Waals surface area contributed by atoms with Crippen molar-refractivity contribution < 1.29 is 18.8 Å². The van der Waals surface area contributed by atoms with Crippen LogP contribution >= 0.6 is 8.30 Å². The SMILES string of the molecule is CCOc1ccc(C(=O)NC(=N)c2ccc(CN3CCCC3P(N)OC)cc2C)cc1OCC. The summed E-state index contributed by atoms with van der Waals surface area (Å²) < 4.78 is 16.6. The normalized spacial score (nSPS) is 16.8. The van der Waals surface area contributed by atoms with Crippen LogP contribution < -0.4 is 20.3 Å². The standard InChI is InChI=1S/C25H35N4O4P/c1-5-32-21-12-10-19(15-22(21)33-6-2)25(30)28-24(26)20-11-9-18(14-17(20)3)16-29-13-7-8-23(29)34(27)31-4/h9-12,14-15,23H,5-8,13,16,27H2,1-4H3,(H2,26,28,30). The van der Waals surface area contributed by atoms with Crippen molar-refractivity contribution in [3.05, 3.63) is 58.7 Å². The molecular weight excluding hydrogens is 451 g/mol. The number of aryl methyl sites for hydroxylation is 1. The largest absolute Gasteiger partial charge is 0.490 e. The molecule has 1 aliphatic rings. The Labute approximate surface area is 203 Å². The summed E-state index contributed by atoms with van der Waals surface area (Å²) in [5, 5.41) is 11.2. The van der Waals surface area contributed by atoms with Crippen molar-refractivity contribution in [2.45, 2.75) is 45.9 Å². The molecule has 1 saturated heterocycles. The number of nitrogens with two attached hydrogens (primary N) is 1. The van der Waals surface area contributed by atoms with Gasteiger partial charge in [-0.25, -0.2) is 0 Å². The summed E-state index contributed by atoms with van der Waals surface area (Å²) >= 11 is 0. The summed E-state index contributed by atoms with van der Waals surface area (Å²) in [6, 6.07) is 11.0. The molecule has 4 N–H and O–H groups in total. The quantitative estimate of drug-likeness (QED) is 0.261. The minimum Gasteiger partial charge on any atom is -0.490 e. The predicted octanol–water partition coefficient (Wildman–Crippen LogP) is 4.39. The first-order valence-electron chi connectivity index (χ1n) is 11.6. The molecule has 1 fully saturated rings. The number of hydrogen-bond donors (Lipinski definition) is 3. The van der Waals surface area contributed by atoms with Crippen LogP contribution in [0.2, 0.25) is 0 Å². The molecule has 0 saturated carbocycles. The summed E-state index contributed by atoms with van der Waals surface area (Å²) in [7, 11) is 0.719. The van der Waals surface area contributed by atoms with Gasteiger partial charge in [0.15, 0.2) is 11.5 Å². The van der Waals surface area contributed by atoms with E-state index in [2.05, 4.69) is 16.3 Å². The van der Waals surface area contributed by atoms with Gasteiger partial charge >= 0.3 is 0 Å². The second kappa shape index (κ2) is 12.3. The molecule has 9 heteroatoms. The summed E-state index contributed by atoms with van der Waals surface area (Å²) in [6.07, 6.45) is 2.18. The Hall–Kier alpha value is -2.51. The highest BCUT2D eigenvalue weighted by atomic mass is 31.2. The van der Waals surface area contributed by atoms with Crippen LogP contribution in [-0.4, -0.2) is 49.3 Å². The fourth-order valence-corrected chi connectivity index (χ4v) is 5.39. The van der Waals surface area contributed by atoms with Crippen molar-refractivity contribution in [2.75, 3.05) is 26.9 Å². The number of benzene rings is 2. The third-order valence-electron chi connectivity index (χ3n) is 5.82. The zero-order valence-corrected chi connectivity index (χ0v) is 21.3. The van der Waals surface area contributed by atoms with Crippen LogP contribution in [0.15, 0.2) is 36.4 Å². The third-order valence-corrected chi connectivity index (χ3v) is 7.42. The van der Waals surface area contributed by atoms with Crippen molar-refractivity contribution in [1.82, 2.24) is 10.2 Å². The van der Waals surface area contributed by atoms with Crippen molar-refractivity contribution in [2.24, 2.45) is 5.50 Å². The van der Waals surface area contributed by atoms with Gasteiger partial charge in [-0.3, -0.25) is 20.6 Å². The van der Waals surface area contributed by atoms with Gasteiger partial charge in [0.2, 0.25) is 0 Å². The Balaban J connectivity index is 1.68. The molecule has 2 atom stereocenters. The van der Waals surface area contributed by atoms with E-state index in [1.54, 1.807) is 25.3 Å². The molecular formula is C25H35N4O4P. The zero-order chi connectivity index (χ0) is 24.7. The van der Waals surface area contributed by atoms with Crippen LogP contribution in [0.1, 0.15) is 53.7 Å². The molecule has 0 aromatic heterocycles. The molecule has 8 nitrogen and oxygen atoms in total. The Morgan fingerprint density at radius 2 is 1.91 bits per heavy atom. The number of likely N-dealkylation sites (tertiary alicyclic amines) is 1. The van der Waals surface area contributed by atoms with E-state index in [1.165, 1.54) is 0 Å². The van der Waals surface area contributed by atoms with E-state index >= 15 is 0 Å². The molecule has 3 rings (SSSR count). The van der Waals surface area contributed by atoms with Gasteiger partial charge in [0, 0.05) is 24.8 Å². The molecule has 0 bridgehead atoms. The smallest absolute Gasteiger partial charge is 0.256 e. The molecule has 1 heterocycles. The van der Waals surface area contributed by atoms with Gasteiger partial charge in [-0.2, -0.15) is 0 Å². The van der Waals surface area contributed by atoms with Crippen LogP contribution in [0.3, 0.4) is 0 Å². The maximum Gasteiger partial charge on any atom is 0.256 e. The Bertz CT molecular complexity index is 1020. The molecule has 0 radical (unpaired) electrons. The number of nitrogens with one attached hydrogen (secondary N) is 2. The maximum absolute atomic E-state index is 12.8. The number of amidine groups is 1. The Morgan fingerprint density at radius 1 is 1.18 bits per heavy atom. The number of nitrogens with zero attached hydrogens (tertiary/aromatic N) is 1. The maximum atomic E-state index is 12.8. The average Bonchev–Trinajstić information content (AvgIpc) is 3.28. The lowest BCUT2D eigenvalue weighted by Crippen LogP contribution is -2.31. The third kappa shape index (κ3) is 6.33. The summed E-state index contributed by atoms with van der Waals surface area (Å²) in [6.45, 7) is 8.48. The van der Waals surface area contributed by atoms with Crippen LogP contribution in [0.25, 0.3) is 0 Å². The molecule has 1 aliphatic heterocycles. The number of amides is 1. The summed E-state index contributed by atoms with van der Waals surface area (Å²) in [5.41, 5.74) is 9.35. The van der Waals surface area contributed by atoms with Gasteiger partial charge in [0.1, 0.15) is 14.1 Å². The first-order chi connectivity index (χ1) is 16.4. The molecule has 2 unspecified atom stereocenters. The number of hydrogen-bond acceptors (Lipinski definition) is 7. The lowest BCUT2D eigenvalue weighted by Gasteiger charge is -2.28. The van der Waals surface area contributed by atoms with E-state index in [4.69, 9.17) is 24.9 Å². The summed E-state index contributed by atoms with van der Waals surface area (Å²) in [5.74, 6) is 1.07. The molecule has 0 aliphatic carbocycles. The van der Waals surface area contributed by atoms with E-state index in [1.807, 2.05) is 32.9 Å². The van der Waals surface area contributed by atoms with Gasteiger partial charge < -0.3 is 19.3 Å². The van der Waals surface area contributed by atoms with Gasteiger partial charge in [-0.15, -0.1) is 0 Å². The second-order valence-electron chi connectivity index (χ2n) is 8.14. The van der Waals surface area contributed by atoms with Crippen LogP contribution in [0, 0.1) is 12.3 Å². The zero-order valence-electron chi connectivity index (χ0n) is 20.4. The van der Waals surface area contributed by atoms with Gasteiger partial charge in [0.05, 0.1) is 19.0 Å². The lowest BCUT2D eigenvalue weighted by molar-refractivity contribution is 0.0976. The van der Waals surface area contributed by atoms with E-state index in [-0.39, 0.29) is 17.5 Å². The molecule has 2 aromatic carbocycles. The molecule has 1 amide bonds.